The Balaban J connectivity index is 0.00000196. The minimum Gasteiger partial charge on any atom is -0.469 e. The number of rotatable bonds is 1. The van der Waals surface area contributed by atoms with Crippen molar-refractivity contribution >= 4 is 5.97 Å². The van der Waals surface area contributed by atoms with Crippen molar-refractivity contribution in [3.8, 4) is 0 Å². The van der Waals surface area contributed by atoms with Crippen LogP contribution in [-0.2, 0) is 9.53 Å². The molecule has 1 unspecified atom stereocenters. The largest absolute Gasteiger partial charge is 0.469 e. The third-order valence-corrected chi connectivity index (χ3v) is 2.39. The van der Waals surface area contributed by atoms with Crippen molar-refractivity contribution in [1.82, 2.24) is 5.32 Å². The highest BCUT2D eigenvalue weighted by Gasteiger charge is 2.20. The van der Waals surface area contributed by atoms with Crippen LogP contribution < -0.4 is 5.32 Å². The number of carbonyl (C=O) groups is 1. The number of esters is 1. The second kappa shape index (κ2) is 5.47. The monoisotopic (exact) mass is 197 g/mol. The molecule has 3 heteroatoms. The predicted molar refractivity (Wildman–Crippen MR) is 57.8 cm³/mol. The highest BCUT2D eigenvalue weighted by Crippen LogP contribution is 2.14. The number of allylic oxidation sites excluding steroid dienone is 2. The summed E-state index contributed by atoms with van der Waals surface area (Å²) in [5, 5.41) is 3.10. The van der Waals surface area contributed by atoms with Gasteiger partial charge in [0.2, 0.25) is 0 Å². The molecule has 0 aromatic heterocycles. The van der Waals surface area contributed by atoms with Gasteiger partial charge in [0, 0.05) is 7.97 Å². The van der Waals surface area contributed by atoms with E-state index in [2.05, 4.69) is 17.5 Å². The van der Waals surface area contributed by atoms with Crippen molar-refractivity contribution in [3.63, 3.8) is 0 Å². The average Bonchev–Trinajstić information content (AvgIpc) is 2.29. The van der Waals surface area contributed by atoms with Crippen molar-refractivity contribution < 1.29 is 11.0 Å². The summed E-state index contributed by atoms with van der Waals surface area (Å²) in [7, 11) is 1.43. The molecule has 0 aliphatic carbocycles. The van der Waals surface area contributed by atoms with Crippen molar-refractivity contribution in [2.75, 3.05) is 13.7 Å². The van der Waals surface area contributed by atoms with Gasteiger partial charge >= 0.3 is 5.97 Å². The van der Waals surface area contributed by atoms with Crippen molar-refractivity contribution in [2.24, 2.45) is 5.92 Å². The highest BCUT2D eigenvalue weighted by atomic mass is 16.5. The third-order valence-electron chi connectivity index (χ3n) is 2.39. The van der Waals surface area contributed by atoms with Crippen LogP contribution in [0.2, 0.25) is 0 Å². The van der Waals surface area contributed by atoms with E-state index >= 15 is 0 Å². The van der Waals surface area contributed by atoms with Gasteiger partial charge in [-0.05, 0) is 26.0 Å². The average molecular weight is 197 g/mol. The lowest BCUT2D eigenvalue weighted by atomic mass is 9.99. The summed E-state index contributed by atoms with van der Waals surface area (Å²) in [5.74, 6) is -0.315. The van der Waals surface area contributed by atoms with Crippen LogP contribution in [-0.4, -0.2) is 19.6 Å². The lowest BCUT2D eigenvalue weighted by molar-refractivity contribution is -0.143. The molecule has 80 valence electrons. The molecule has 1 aliphatic heterocycles. The first-order valence-corrected chi connectivity index (χ1v) is 4.88. The fraction of sp³-hybridized carbons (Fsp3) is 0.545. The van der Waals surface area contributed by atoms with E-state index in [1.807, 2.05) is 13.1 Å². The number of hydrogen-bond acceptors (Lipinski definition) is 3. The van der Waals surface area contributed by atoms with Gasteiger partial charge in [-0.1, -0.05) is 17.7 Å². The Hall–Kier alpha value is -1.25. The Morgan fingerprint density at radius 1 is 1.64 bits per heavy atom. The molecule has 1 aliphatic rings. The van der Waals surface area contributed by atoms with Gasteiger partial charge in [0.25, 0.3) is 0 Å². The van der Waals surface area contributed by atoms with Crippen molar-refractivity contribution in [1.29, 1.82) is 0 Å². The molecular weight excluding hydrogens is 178 g/mol. The zero-order valence-corrected chi connectivity index (χ0v) is 8.75. The molecule has 0 aromatic carbocycles. The van der Waals surface area contributed by atoms with Gasteiger partial charge in [-0.2, -0.15) is 0 Å². The van der Waals surface area contributed by atoms with E-state index < -0.39 is 0 Å². The van der Waals surface area contributed by atoms with Gasteiger partial charge in [0.1, 0.15) is 0 Å². The Kier molecular flexibility index (Phi) is 4.23. The number of methoxy groups -OCH3 is 1. The topological polar surface area (TPSA) is 38.3 Å². The second-order valence-corrected chi connectivity index (χ2v) is 3.41. The Morgan fingerprint density at radius 3 is 3.14 bits per heavy atom. The van der Waals surface area contributed by atoms with Crippen molar-refractivity contribution in [2.45, 2.75) is 19.8 Å². The summed E-state index contributed by atoms with van der Waals surface area (Å²) in [6.45, 7) is 2.60. The molecule has 3 nitrogen and oxygen atoms in total. The molecule has 0 amide bonds. The van der Waals surface area contributed by atoms with Crippen LogP contribution in [0, 0.1) is 5.92 Å². The first kappa shape index (κ1) is 10.8. The van der Waals surface area contributed by atoms with Crippen LogP contribution >= 0.6 is 0 Å². The number of ether oxygens (including phenoxy) is 1. The van der Waals surface area contributed by atoms with Crippen molar-refractivity contribution in [3.05, 3.63) is 23.9 Å². The van der Waals surface area contributed by atoms with Gasteiger partial charge in [-0.25, -0.2) is 0 Å². The zero-order chi connectivity index (χ0) is 10.4. The number of nitrogens with one attached hydrogen (secondary N) is 1. The van der Waals surface area contributed by atoms with Gasteiger partial charge in [-0.3, -0.25) is 4.79 Å². The Morgan fingerprint density at radius 2 is 2.43 bits per heavy atom. The maximum absolute atomic E-state index is 11.4. The molecular formula is C11H19NO2. The second-order valence-electron chi connectivity index (χ2n) is 3.41. The van der Waals surface area contributed by atoms with Crippen LogP contribution in [0.4, 0.5) is 0 Å². The standard InChI is InChI=1S/C11H17NO2.H2/c1-9-6-4-3-5-7-12-8-10(9)11(13)14-2;/h5-7,10,12H,3-4,8H2,1-2H3;1H/b7-5+,9-6+;. The molecule has 1 heterocycles. The fourth-order valence-electron chi connectivity index (χ4n) is 1.47. The molecule has 1 N–H and O–H groups in total. The van der Waals surface area contributed by atoms with Gasteiger partial charge in [-0.15, -0.1) is 0 Å². The maximum Gasteiger partial charge on any atom is 0.314 e. The van der Waals surface area contributed by atoms with Gasteiger partial charge < -0.3 is 10.1 Å². The smallest absolute Gasteiger partial charge is 0.314 e. The van der Waals surface area contributed by atoms with Crippen LogP contribution in [0.1, 0.15) is 21.2 Å². The highest BCUT2D eigenvalue weighted by molar-refractivity contribution is 5.75. The predicted octanol–water partition coefficient (Wildman–Crippen LogP) is 1.86. The molecule has 0 saturated carbocycles. The Labute approximate surface area is 86.3 Å². The fourth-order valence-corrected chi connectivity index (χ4v) is 1.47. The first-order chi connectivity index (χ1) is 6.75. The molecule has 0 aromatic rings. The van der Waals surface area contributed by atoms with Crippen LogP contribution in [0.25, 0.3) is 0 Å². The zero-order valence-electron chi connectivity index (χ0n) is 8.75. The molecule has 0 spiro atoms. The lowest BCUT2D eigenvalue weighted by Gasteiger charge is -2.14. The molecule has 1 rings (SSSR count). The normalized spacial score (nSPS) is 28.4. The summed E-state index contributed by atoms with van der Waals surface area (Å²) < 4.78 is 4.75. The van der Waals surface area contributed by atoms with E-state index in [1.54, 1.807) is 0 Å². The molecule has 0 saturated heterocycles. The van der Waals surface area contributed by atoms with Crippen LogP contribution in [0.3, 0.4) is 0 Å². The summed E-state index contributed by atoms with van der Waals surface area (Å²) in [4.78, 5) is 11.4. The van der Waals surface area contributed by atoms with E-state index in [-0.39, 0.29) is 13.3 Å². The SMILES string of the molecule is COC(=O)C1CN/C=C/CC/C=C/1C.[HH]. The summed E-state index contributed by atoms with van der Waals surface area (Å²) in [6, 6.07) is 0. The lowest BCUT2D eigenvalue weighted by Crippen LogP contribution is -2.27. The van der Waals surface area contributed by atoms with Crippen LogP contribution in [0.5, 0.6) is 0 Å². The number of hydrogen-bond donors (Lipinski definition) is 1. The number of carbonyl (C=O) groups excluding carboxylic acids is 1. The minimum atomic E-state index is -0.165. The van der Waals surface area contributed by atoms with E-state index in [0.717, 1.165) is 18.4 Å². The quantitative estimate of drug-likeness (QED) is 0.515. The molecule has 0 radical (unpaired) electrons. The molecule has 1 atom stereocenters. The maximum atomic E-state index is 11.4. The Bertz CT molecular complexity index is 261. The van der Waals surface area contributed by atoms with Gasteiger partial charge in [0.15, 0.2) is 0 Å². The van der Waals surface area contributed by atoms with E-state index in [9.17, 15) is 4.79 Å². The molecule has 0 fully saturated rings. The van der Waals surface area contributed by atoms with Gasteiger partial charge in [0.05, 0.1) is 13.0 Å². The summed E-state index contributed by atoms with van der Waals surface area (Å²) >= 11 is 0. The molecule has 0 bridgehead atoms. The summed E-state index contributed by atoms with van der Waals surface area (Å²) in [6.07, 6.45) is 8.08. The third kappa shape index (κ3) is 2.91. The van der Waals surface area contributed by atoms with E-state index in [0.29, 0.717) is 6.54 Å². The minimum absolute atomic E-state index is 0. The summed E-state index contributed by atoms with van der Waals surface area (Å²) in [5.41, 5.74) is 1.09. The van der Waals surface area contributed by atoms with E-state index in [4.69, 9.17) is 4.74 Å². The van der Waals surface area contributed by atoms with E-state index in [1.165, 1.54) is 7.11 Å². The van der Waals surface area contributed by atoms with Crippen LogP contribution in [0.15, 0.2) is 23.9 Å². The molecule has 14 heavy (non-hydrogen) atoms. The first-order valence-electron chi connectivity index (χ1n) is 4.88.